The van der Waals surface area contributed by atoms with Crippen molar-refractivity contribution in [1.29, 1.82) is 0 Å². The SMILES string of the molecule is COc1cccc(CC(=O)Nc2ccc3c(c2)CCN3)c1. The number of methoxy groups -OCH3 is 1. The van der Waals surface area contributed by atoms with E-state index in [-0.39, 0.29) is 5.91 Å². The Labute approximate surface area is 124 Å². The molecule has 21 heavy (non-hydrogen) atoms. The van der Waals surface area contributed by atoms with Gasteiger partial charge in [-0.05, 0) is 47.9 Å². The maximum atomic E-state index is 12.1. The minimum absolute atomic E-state index is 0.0193. The molecule has 2 N–H and O–H groups in total. The number of carbonyl (C=O) groups is 1. The minimum Gasteiger partial charge on any atom is -0.497 e. The molecular weight excluding hydrogens is 264 g/mol. The predicted octanol–water partition coefficient (Wildman–Crippen LogP) is 2.84. The Balaban J connectivity index is 1.66. The second-order valence-electron chi connectivity index (χ2n) is 5.13. The number of rotatable bonds is 4. The number of amides is 1. The summed E-state index contributed by atoms with van der Waals surface area (Å²) < 4.78 is 5.17. The van der Waals surface area contributed by atoms with Gasteiger partial charge in [0.15, 0.2) is 0 Å². The van der Waals surface area contributed by atoms with Gasteiger partial charge in [0.2, 0.25) is 5.91 Å². The quantitative estimate of drug-likeness (QED) is 0.906. The second kappa shape index (κ2) is 5.87. The first kappa shape index (κ1) is 13.5. The van der Waals surface area contributed by atoms with Crippen LogP contribution in [-0.2, 0) is 17.6 Å². The van der Waals surface area contributed by atoms with Crippen molar-refractivity contribution in [1.82, 2.24) is 0 Å². The lowest BCUT2D eigenvalue weighted by Crippen LogP contribution is -2.14. The number of carbonyl (C=O) groups excluding carboxylic acids is 1. The molecule has 108 valence electrons. The van der Waals surface area contributed by atoms with Crippen LogP contribution < -0.4 is 15.4 Å². The van der Waals surface area contributed by atoms with Crippen molar-refractivity contribution in [3.05, 3.63) is 53.6 Å². The van der Waals surface area contributed by atoms with Crippen LogP contribution in [0.2, 0.25) is 0 Å². The van der Waals surface area contributed by atoms with Gasteiger partial charge < -0.3 is 15.4 Å². The fourth-order valence-corrected chi connectivity index (χ4v) is 2.56. The van der Waals surface area contributed by atoms with E-state index in [0.717, 1.165) is 30.0 Å². The van der Waals surface area contributed by atoms with Crippen LogP contribution in [-0.4, -0.2) is 19.6 Å². The summed E-state index contributed by atoms with van der Waals surface area (Å²) in [5.41, 5.74) is 4.22. The molecule has 1 amide bonds. The molecule has 0 aromatic heterocycles. The predicted molar refractivity (Wildman–Crippen MR) is 84.0 cm³/mol. The Morgan fingerprint density at radius 3 is 3.05 bits per heavy atom. The molecule has 0 radical (unpaired) electrons. The molecular formula is C17H18N2O2. The summed E-state index contributed by atoms with van der Waals surface area (Å²) in [5, 5.41) is 6.26. The smallest absolute Gasteiger partial charge is 0.228 e. The molecule has 0 fully saturated rings. The monoisotopic (exact) mass is 282 g/mol. The van der Waals surface area contributed by atoms with Gasteiger partial charge in [0.1, 0.15) is 5.75 Å². The highest BCUT2D eigenvalue weighted by Gasteiger charge is 2.11. The van der Waals surface area contributed by atoms with Gasteiger partial charge in [-0.3, -0.25) is 4.79 Å². The van der Waals surface area contributed by atoms with Crippen LogP contribution in [0.5, 0.6) is 5.75 Å². The van der Waals surface area contributed by atoms with E-state index in [1.165, 1.54) is 11.3 Å². The zero-order chi connectivity index (χ0) is 14.7. The Morgan fingerprint density at radius 2 is 2.19 bits per heavy atom. The van der Waals surface area contributed by atoms with E-state index in [2.05, 4.69) is 10.6 Å². The van der Waals surface area contributed by atoms with Crippen molar-refractivity contribution in [2.45, 2.75) is 12.8 Å². The van der Waals surface area contributed by atoms with Crippen molar-refractivity contribution < 1.29 is 9.53 Å². The molecule has 0 bridgehead atoms. The van der Waals surface area contributed by atoms with Gasteiger partial charge in [0.25, 0.3) is 0 Å². The van der Waals surface area contributed by atoms with Gasteiger partial charge in [0, 0.05) is 17.9 Å². The van der Waals surface area contributed by atoms with E-state index in [9.17, 15) is 4.79 Å². The number of fused-ring (bicyclic) bond motifs is 1. The first-order valence-corrected chi connectivity index (χ1v) is 7.04. The van der Waals surface area contributed by atoms with Gasteiger partial charge >= 0.3 is 0 Å². The number of hydrogen-bond donors (Lipinski definition) is 2. The molecule has 0 spiro atoms. The second-order valence-corrected chi connectivity index (χ2v) is 5.13. The molecule has 2 aromatic rings. The van der Waals surface area contributed by atoms with E-state index in [1.54, 1.807) is 7.11 Å². The summed E-state index contributed by atoms with van der Waals surface area (Å²) in [6.07, 6.45) is 1.35. The van der Waals surface area contributed by atoms with Crippen LogP contribution in [0.3, 0.4) is 0 Å². The third kappa shape index (κ3) is 3.16. The topological polar surface area (TPSA) is 50.4 Å². The molecule has 0 saturated carbocycles. The van der Waals surface area contributed by atoms with Crippen LogP contribution in [0.25, 0.3) is 0 Å². The molecule has 2 aromatic carbocycles. The lowest BCUT2D eigenvalue weighted by Gasteiger charge is -2.08. The lowest BCUT2D eigenvalue weighted by molar-refractivity contribution is -0.115. The molecule has 1 aliphatic rings. The average Bonchev–Trinajstić information content (AvgIpc) is 2.95. The average molecular weight is 282 g/mol. The largest absolute Gasteiger partial charge is 0.497 e. The molecule has 0 aliphatic carbocycles. The zero-order valence-electron chi connectivity index (χ0n) is 12.0. The fourth-order valence-electron chi connectivity index (χ4n) is 2.56. The van der Waals surface area contributed by atoms with E-state index in [4.69, 9.17) is 4.74 Å². The third-order valence-electron chi connectivity index (χ3n) is 3.60. The van der Waals surface area contributed by atoms with Crippen LogP contribution in [0.15, 0.2) is 42.5 Å². The molecule has 0 unspecified atom stereocenters. The summed E-state index contributed by atoms with van der Waals surface area (Å²) in [6.45, 7) is 0.969. The summed E-state index contributed by atoms with van der Waals surface area (Å²) in [5.74, 6) is 0.748. The third-order valence-corrected chi connectivity index (χ3v) is 3.60. The maximum absolute atomic E-state index is 12.1. The van der Waals surface area contributed by atoms with Crippen molar-refractivity contribution in [2.75, 3.05) is 24.3 Å². The van der Waals surface area contributed by atoms with E-state index < -0.39 is 0 Å². The molecule has 4 nitrogen and oxygen atoms in total. The first-order chi connectivity index (χ1) is 10.2. The summed E-state index contributed by atoms with van der Waals surface area (Å²) in [4.78, 5) is 12.1. The van der Waals surface area contributed by atoms with Crippen molar-refractivity contribution in [3.63, 3.8) is 0 Å². The molecule has 1 heterocycles. The van der Waals surface area contributed by atoms with Gasteiger partial charge in [-0.25, -0.2) is 0 Å². The Hall–Kier alpha value is -2.49. The van der Waals surface area contributed by atoms with Crippen molar-refractivity contribution in [2.24, 2.45) is 0 Å². The highest BCUT2D eigenvalue weighted by Crippen LogP contribution is 2.25. The molecule has 0 atom stereocenters. The highest BCUT2D eigenvalue weighted by atomic mass is 16.5. The van der Waals surface area contributed by atoms with Gasteiger partial charge in [-0.1, -0.05) is 12.1 Å². The van der Waals surface area contributed by atoms with E-state index in [1.807, 2.05) is 42.5 Å². The molecule has 3 rings (SSSR count). The van der Waals surface area contributed by atoms with Crippen LogP contribution in [0, 0.1) is 0 Å². The maximum Gasteiger partial charge on any atom is 0.228 e. The Bertz CT molecular complexity index is 668. The van der Waals surface area contributed by atoms with Crippen molar-refractivity contribution in [3.8, 4) is 5.75 Å². The number of anilines is 2. The van der Waals surface area contributed by atoms with Gasteiger partial charge in [-0.15, -0.1) is 0 Å². The number of ether oxygens (including phenoxy) is 1. The fraction of sp³-hybridized carbons (Fsp3) is 0.235. The molecule has 1 aliphatic heterocycles. The van der Waals surface area contributed by atoms with Crippen molar-refractivity contribution >= 4 is 17.3 Å². The Kier molecular flexibility index (Phi) is 3.77. The molecule has 0 saturated heterocycles. The van der Waals surface area contributed by atoms with Gasteiger partial charge in [-0.2, -0.15) is 0 Å². The van der Waals surface area contributed by atoms with Crippen LogP contribution in [0.1, 0.15) is 11.1 Å². The van der Waals surface area contributed by atoms with Gasteiger partial charge in [0.05, 0.1) is 13.5 Å². The highest BCUT2D eigenvalue weighted by molar-refractivity contribution is 5.92. The van der Waals surface area contributed by atoms with E-state index >= 15 is 0 Å². The summed E-state index contributed by atoms with van der Waals surface area (Å²) in [6, 6.07) is 13.6. The van der Waals surface area contributed by atoms with Crippen LogP contribution >= 0.6 is 0 Å². The summed E-state index contributed by atoms with van der Waals surface area (Å²) >= 11 is 0. The first-order valence-electron chi connectivity index (χ1n) is 7.04. The lowest BCUT2D eigenvalue weighted by atomic mass is 10.1. The number of nitrogens with one attached hydrogen (secondary N) is 2. The molecule has 4 heteroatoms. The Morgan fingerprint density at radius 1 is 1.29 bits per heavy atom. The number of hydrogen-bond acceptors (Lipinski definition) is 3. The normalized spacial score (nSPS) is 12.4. The van der Waals surface area contributed by atoms with Crippen LogP contribution in [0.4, 0.5) is 11.4 Å². The number of benzene rings is 2. The summed E-state index contributed by atoms with van der Waals surface area (Å²) in [7, 11) is 1.62. The zero-order valence-corrected chi connectivity index (χ0v) is 12.0. The standard InChI is InChI=1S/C17H18N2O2/c1-21-15-4-2-3-12(9-15)10-17(20)19-14-5-6-16-13(11-14)7-8-18-16/h2-6,9,11,18H,7-8,10H2,1H3,(H,19,20). The minimum atomic E-state index is -0.0193. The van der Waals surface area contributed by atoms with E-state index in [0.29, 0.717) is 6.42 Å².